The summed E-state index contributed by atoms with van der Waals surface area (Å²) < 4.78 is 21.2. The molecule has 1 aliphatic rings. The smallest absolute Gasteiger partial charge is 0.249 e. The monoisotopic (exact) mass is 317 g/mol. The fourth-order valence-corrected chi connectivity index (χ4v) is 2.70. The van der Waals surface area contributed by atoms with E-state index in [0.29, 0.717) is 17.9 Å². The molecule has 1 aromatic heterocycles. The highest BCUT2D eigenvalue weighted by Crippen LogP contribution is 2.20. The Balaban J connectivity index is 1.72. The standard InChI is InChI=1S/C17H20FN3O2/c1-11-9-19-21(10-11)15-6-5-13(8-14(15)18)12(2)20-17(22)16-4-3-7-23-16/h5-6,8-10,12,16H,3-4,7H2,1-2H3,(H,20,22). The zero-order chi connectivity index (χ0) is 16.4. The van der Waals surface area contributed by atoms with Crippen molar-refractivity contribution in [3.63, 3.8) is 0 Å². The first kappa shape index (κ1) is 15.7. The Hall–Kier alpha value is -2.21. The number of aryl methyl sites for hydroxylation is 1. The Morgan fingerprint density at radius 1 is 1.52 bits per heavy atom. The first-order chi connectivity index (χ1) is 11.0. The van der Waals surface area contributed by atoms with Gasteiger partial charge in [-0.2, -0.15) is 5.10 Å². The molecule has 0 spiro atoms. The van der Waals surface area contributed by atoms with Crippen molar-refractivity contribution in [2.24, 2.45) is 0 Å². The van der Waals surface area contributed by atoms with Crippen LogP contribution in [-0.2, 0) is 9.53 Å². The van der Waals surface area contributed by atoms with Crippen molar-refractivity contribution in [2.75, 3.05) is 6.61 Å². The van der Waals surface area contributed by atoms with Gasteiger partial charge in [0.15, 0.2) is 0 Å². The minimum absolute atomic E-state index is 0.137. The number of carbonyl (C=O) groups excluding carboxylic acids is 1. The van der Waals surface area contributed by atoms with Crippen molar-refractivity contribution >= 4 is 5.91 Å². The molecule has 1 aromatic carbocycles. The summed E-state index contributed by atoms with van der Waals surface area (Å²) in [4.78, 5) is 12.1. The van der Waals surface area contributed by atoms with Crippen LogP contribution in [-0.4, -0.2) is 28.4 Å². The third-order valence-corrected chi connectivity index (χ3v) is 4.01. The van der Waals surface area contributed by atoms with Crippen LogP contribution in [0, 0.1) is 12.7 Å². The highest BCUT2D eigenvalue weighted by molar-refractivity contribution is 5.81. The number of carbonyl (C=O) groups is 1. The van der Waals surface area contributed by atoms with Crippen molar-refractivity contribution in [1.82, 2.24) is 15.1 Å². The molecule has 6 heteroatoms. The number of ether oxygens (including phenoxy) is 1. The summed E-state index contributed by atoms with van der Waals surface area (Å²) in [7, 11) is 0. The predicted molar refractivity (Wildman–Crippen MR) is 83.8 cm³/mol. The molecule has 122 valence electrons. The molecule has 1 saturated heterocycles. The average Bonchev–Trinajstić information content (AvgIpc) is 3.18. The van der Waals surface area contributed by atoms with Crippen molar-refractivity contribution in [3.05, 3.63) is 47.5 Å². The Kier molecular flexibility index (Phi) is 4.43. The highest BCUT2D eigenvalue weighted by atomic mass is 19.1. The number of rotatable bonds is 4. The zero-order valence-corrected chi connectivity index (χ0v) is 13.3. The maximum absolute atomic E-state index is 14.3. The van der Waals surface area contributed by atoms with Gasteiger partial charge in [0.25, 0.3) is 0 Å². The number of hydrogen-bond donors (Lipinski definition) is 1. The van der Waals surface area contributed by atoms with E-state index in [1.165, 1.54) is 10.7 Å². The van der Waals surface area contributed by atoms with Crippen molar-refractivity contribution in [1.29, 1.82) is 0 Å². The van der Waals surface area contributed by atoms with Crippen LogP contribution in [0.4, 0.5) is 4.39 Å². The molecule has 1 amide bonds. The van der Waals surface area contributed by atoms with E-state index in [1.54, 1.807) is 24.5 Å². The van der Waals surface area contributed by atoms with E-state index < -0.39 is 0 Å². The second kappa shape index (κ2) is 6.50. The Bertz CT molecular complexity index is 708. The second-order valence-corrected chi connectivity index (χ2v) is 5.91. The molecule has 5 nitrogen and oxygen atoms in total. The summed E-state index contributed by atoms with van der Waals surface area (Å²) >= 11 is 0. The topological polar surface area (TPSA) is 56.2 Å². The van der Waals surface area contributed by atoms with Gasteiger partial charge < -0.3 is 10.1 Å². The lowest BCUT2D eigenvalue weighted by Crippen LogP contribution is -2.35. The number of nitrogens with zero attached hydrogens (tertiary/aromatic N) is 2. The van der Waals surface area contributed by atoms with Crippen LogP contribution in [0.15, 0.2) is 30.6 Å². The summed E-state index contributed by atoms with van der Waals surface area (Å²) in [5.74, 6) is -0.508. The molecule has 0 saturated carbocycles. The first-order valence-corrected chi connectivity index (χ1v) is 7.77. The third-order valence-electron chi connectivity index (χ3n) is 4.01. The van der Waals surface area contributed by atoms with Crippen LogP contribution in [0.5, 0.6) is 0 Å². The molecule has 0 radical (unpaired) electrons. The summed E-state index contributed by atoms with van der Waals surface area (Å²) in [6, 6.07) is 4.63. The van der Waals surface area contributed by atoms with Crippen LogP contribution in [0.2, 0.25) is 0 Å². The summed E-state index contributed by atoms with van der Waals surface area (Å²) in [5.41, 5.74) is 2.06. The Morgan fingerprint density at radius 3 is 2.96 bits per heavy atom. The summed E-state index contributed by atoms with van der Waals surface area (Å²) in [5, 5.41) is 6.99. The molecular weight excluding hydrogens is 297 g/mol. The van der Waals surface area contributed by atoms with Crippen LogP contribution in [0.3, 0.4) is 0 Å². The van der Waals surface area contributed by atoms with Gasteiger partial charge in [-0.25, -0.2) is 9.07 Å². The van der Waals surface area contributed by atoms with E-state index in [1.807, 2.05) is 13.8 Å². The number of aromatic nitrogens is 2. The number of benzene rings is 1. The van der Waals surface area contributed by atoms with Gasteiger partial charge >= 0.3 is 0 Å². The Labute approximate surface area is 134 Å². The highest BCUT2D eigenvalue weighted by Gasteiger charge is 2.25. The lowest BCUT2D eigenvalue weighted by atomic mass is 10.1. The quantitative estimate of drug-likeness (QED) is 0.943. The number of hydrogen-bond acceptors (Lipinski definition) is 3. The lowest BCUT2D eigenvalue weighted by molar-refractivity contribution is -0.130. The van der Waals surface area contributed by atoms with Crippen molar-refractivity contribution in [3.8, 4) is 5.69 Å². The summed E-state index contributed by atoms with van der Waals surface area (Å²) in [6.07, 6.45) is 4.70. The minimum Gasteiger partial charge on any atom is -0.368 e. The van der Waals surface area contributed by atoms with E-state index in [2.05, 4.69) is 10.4 Å². The van der Waals surface area contributed by atoms with Crippen molar-refractivity contribution in [2.45, 2.75) is 38.8 Å². The Morgan fingerprint density at radius 2 is 2.35 bits per heavy atom. The maximum Gasteiger partial charge on any atom is 0.249 e. The molecule has 2 aromatic rings. The van der Waals surface area contributed by atoms with E-state index >= 15 is 0 Å². The van der Waals surface area contributed by atoms with E-state index in [4.69, 9.17) is 4.74 Å². The molecule has 3 rings (SSSR count). The molecule has 23 heavy (non-hydrogen) atoms. The number of amides is 1. The normalized spacial score (nSPS) is 18.8. The lowest BCUT2D eigenvalue weighted by Gasteiger charge is -2.18. The predicted octanol–water partition coefficient (Wildman–Crippen LogP) is 2.68. The zero-order valence-electron chi connectivity index (χ0n) is 13.3. The van der Waals surface area contributed by atoms with Crippen molar-refractivity contribution < 1.29 is 13.9 Å². The number of nitrogens with one attached hydrogen (secondary N) is 1. The van der Waals surface area contributed by atoms with E-state index in [-0.39, 0.29) is 23.9 Å². The molecular formula is C17H20FN3O2. The van der Waals surface area contributed by atoms with Crippen LogP contribution >= 0.6 is 0 Å². The van der Waals surface area contributed by atoms with Gasteiger partial charge in [0.05, 0.1) is 12.2 Å². The molecule has 1 N–H and O–H groups in total. The van der Waals surface area contributed by atoms with Gasteiger partial charge in [-0.15, -0.1) is 0 Å². The summed E-state index contributed by atoms with van der Waals surface area (Å²) in [6.45, 7) is 4.36. The van der Waals surface area contributed by atoms with E-state index in [0.717, 1.165) is 18.4 Å². The van der Waals surface area contributed by atoms with Gasteiger partial charge in [0.1, 0.15) is 17.6 Å². The van der Waals surface area contributed by atoms with Crippen LogP contribution in [0.25, 0.3) is 5.69 Å². The maximum atomic E-state index is 14.3. The number of halogens is 1. The second-order valence-electron chi connectivity index (χ2n) is 5.91. The largest absolute Gasteiger partial charge is 0.368 e. The first-order valence-electron chi connectivity index (χ1n) is 7.77. The van der Waals surface area contributed by atoms with E-state index in [9.17, 15) is 9.18 Å². The fraction of sp³-hybridized carbons (Fsp3) is 0.412. The molecule has 1 aliphatic heterocycles. The van der Waals surface area contributed by atoms with Gasteiger partial charge in [-0.1, -0.05) is 6.07 Å². The van der Waals surface area contributed by atoms with Gasteiger partial charge in [0, 0.05) is 12.8 Å². The average molecular weight is 317 g/mol. The van der Waals surface area contributed by atoms with Gasteiger partial charge in [-0.05, 0) is 49.9 Å². The van der Waals surface area contributed by atoms with Gasteiger partial charge in [0.2, 0.25) is 5.91 Å². The molecule has 0 bridgehead atoms. The molecule has 2 unspecified atom stereocenters. The fourth-order valence-electron chi connectivity index (χ4n) is 2.70. The molecule has 2 atom stereocenters. The minimum atomic E-state index is -0.381. The molecule has 1 fully saturated rings. The third kappa shape index (κ3) is 3.42. The van der Waals surface area contributed by atoms with Crippen LogP contribution < -0.4 is 5.32 Å². The van der Waals surface area contributed by atoms with Gasteiger partial charge in [-0.3, -0.25) is 4.79 Å². The SMILES string of the molecule is Cc1cnn(-c2ccc(C(C)NC(=O)C3CCCO3)cc2F)c1. The molecule has 0 aliphatic carbocycles. The molecule has 2 heterocycles. The van der Waals surface area contributed by atoms with Crippen LogP contribution in [0.1, 0.15) is 36.9 Å².